The fraction of sp³-hybridized carbons (Fsp3) is 0.800. The molecule has 26 heavy (non-hydrogen) atoms. The first-order chi connectivity index (χ1) is 12.4. The summed E-state index contributed by atoms with van der Waals surface area (Å²) < 4.78 is 6.07. The minimum Gasteiger partial charge on any atom is -0.377 e. The molecule has 0 aromatic carbocycles. The SMILES string of the molecule is CN=C(NCCCCc1nc(C)cs1)NCC1CCCOC1C(C)(C)C. The van der Waals surface area contributed by atoms with Crippen LogP contribution in [0.4, 0.5) is 0 Å². The van der Waals surface area contributed by atoms with E-state index in [2.05, 4.69) is 53.7 Å². The van der Waals surface area contributed by atoms with Crippen LogP contribution in [0.25, 0.3) is 0 Å². The van der Waals surface area contributed by atoms with Gasteiger partial charge < -0.3 is 15.4 Å². The number of hydrogen-bond acceptors (Lipinski definition) is 4. The van der Waals surface area contributed by atoms with E-state index >= 15 is 0 Å². The lowest BCUT2D eigenvalue weighted by molar-refractivity contribution is -0.0835. The Balaban J connectivity index is 1.66. The van der Waals surface area contributed by atoms with Gasteiger partial charge in [0.2, 0.25) is 0 Å². The molecule has 2 rings (SSSR count). The van der Waals surface area contributed by atoms with E-state index in [0.29, 0.717) is 12.0 Å². The normalized spacial score (nSPS) is 21.7. The second-order valence-electron chi connectivity index (χ2n) is 8.28. The lowest BCUT2D eigenvalue weighted by atomic mass is 9.78. The van der Waals surface area contributed by atoms with Crippen molar-refractivity contribution in [2.24, 2.45) is 16.3 Å². The highest BCUT2D eigenvalue weighted by Gasteiger charge is 2.35. The number of unbranched alkanes of at least 4 members (excludes halogenated alkanes) is 1. The topological polar surface area (TPSA) is 58.5 Å². The number of nitrogens with one attached hydrogen (secondary N) is 2. The number of ether oxygens (including phenoxy) is 1. The number of thiazole rings is 1. The number of rotatable bonds is 7. The molecule has 2 N–H and O–H groups in total. The Kier molecular flexibility index (Phi) is 8.35. The van der Waals surface area contributed by atoms with Crippen molar-refractivity contribution in [2.75, 3.05) is 26.7 Å². The second-order valence-corrected chi connectivity index (χ2v) is 9.22. The molecule has 1 fully saturated rings. The van der Waals surface area contributed by atoms with Crippen LogP contribution in [-0.4, -0.2) is 43.8 Å². The van der Waals surface area contributed by atoms with Crippen molar-refractivity contribution in [2.45, 2.75) is 65.9 Å². The molecule has 2 atom stereocenters. The Morgan fingerprint density at radius 2 is 2.15 bits per heavy atom. The molecule has 1 aromatic rings. The summed E-state index contributed by atoms with van der Waals surface area (Å²) in [5.41, 5.74) is 1.31. The van der Waals surface area contributed by atoms with Gasteiger partial charge in [-0.15, -0.1) is 11.3 Å². The van der Waals surface area contributed by atoms with Crippen LogP contribution in [0.1, 0.15) is 57.2 Å². The van der Waals surface area contributed by atoms with Crippen molar-refractivity contribution in [3.05, 3.63) is 16.1 Å². The summed E-state index contributed by atoms with van der Waals surface area (Å²) in [7, 11) is 1.84. The molecule has 0 spiro atoms. The number of aromatic nitrogens is 1. The van der Waals surface area contributed by atoms with Gasteiger partial charge in [0, 0.05) is 43.7 Å². The molecule has 148 valence electrons. The molecule has 1 aromatic heterocycles. The van der Waals surface area contributed by atoms with Crippen LogP contribution in [0.2, 0.25) is 0 Å². The first-order valence-electron chi connectivity index (χ1n) is 9.87. The fourth-order valence-electron chi connectivity index (χ4n) is 3.58. The largest absolute Gasteiger partial charge is 0.377 e. The van der Waals surface area contributed by atoms with Crippen molar-refractivity contribution in [1.82, 2.24) is 15.6 Å². The molecule has 5 nitrogen and oxygen atoms in total. The van der Waals surface area contributed by atoms with Gasteiger partial charge >= 0.3 is 0 Å². The zero-order valence-corrected chi connectivity index (χ0v) is 17.9. The molecule has 0 amide bonds. The monoisotopic (exact) mass is 380 g/mol. The number of guanidine groups is 1. The Morgan fingerprint density at radius 3 is 2.81 bits per heavy atom. The summed E-state index contributed by atoms with van der Waals surface area (Å²) in [4.78, 5) is 8.88. The third-order valence-electron chi connectivity index (χ3n) is 4.83. The second kappa shape index (κ2) is 10.3. The first-order valence-corrected chi connectivity index (χ1v) is 10.7. The third-order valence-corrected chi connectivity index (χ3v) is 5.86. The molecule has 2 unspecified atom stereocenters. The van der Waals surface area contributed by atoms with E-state index in [9.17, 15) is 0 Å². The molecule has 0 bridgehead atoms. The highest BCUT2D eigenvalue weighted by molar-refractivity contribution is 7.09. The Morgan fingerprint density at radius 1 is 1.35 bits per heavy atom. The smallest absolute Gasteiger partial charge is 0.190 e. The fourth-order valence-corrected chi connectivity index (χ4v) is 4.40. The van der Waals surface area contributed by atoms with E-state index in [1.165, 1.54) is 11.4 Å². The van der Waals surface area contributed by atoms with Gasteiger partial charge in [0.15, 0.2) is 5.96 Å². The zero-order chi connectivity index (χ0) is 19.0. The Bertz CT molecular complexity index is 564. The summed E-state index contributed by atoms with van der Waals surface area (Å²) >= 11 is 1.76. The average molecular weight is 381 g/mol. The van der Waals surface area contributed by atoms with Crippen LogP contribution in [0.15, 0.2) is 10.4 Å². The van der Waals surface area contributed by atoms with Crippen LogP contribution in [0.3, 0.4) is 0 Å². The molecule has 0 saturated carbocycles. The van der Waals surface area contributed by atoms with Gasteiger partial charge in [-0.1, -0.05) is 20.8 Å². The Labute approximate surface area is 163 Å². The van der Waals surface area contributed by atoms with Crippen molar-refractivity contribution < 1.29 is 4.74 Å². The molecular formula is C20H36N4OS. The molecule has 0 radical (unpaired) electrons. The summed E-state index contributed by atoms with van der Waals surface area (Å²) in [5, 5.41) is 10.3. The first kappa shape index (κ1) is 21.2. The Hall–Kier alpha value is -1.14. The maximum Gasteiger partial charge on any atom is 0.190 e. The van der Waals surface area contributed by atoms with Gasteiger partial charge in [0.1, 0.15) is 0 Å². The lowest BCUT2D eigenvalue weighted by Crippen LogP contribution is -2.47. The van der Waals surface area contributed by atoms with Crippen LogP contribution in [0, 0.1) is 18.3 Å². The van der Waals surface area contributed by atoms with Crippen LogP contribution in [-0.2, 0) is 11.2 Å². The van der Waals surface area contributed by atoms with E-state index in [-0.39, 0.29) is 5.41 Å². The summed E-state index contributed by atoms with van der Waals surface area (Å²) in [5.74, 6) is 1.43. The van der Waals surface area contributed by atoms with Crippen LogP contribution < -0.4 is 10.6 Å². The minimum absolute atomic E-state index is 0.178. The molecule has 1 saturated heterocycles. The molecule has 6 heteroatoms. The highest BCUT2D eigenvalue weighted by atomic mass is 32.1. The molecule has 1 aliphatic rings. The molecule has 2 heterocycles. The summed E-state index contributed by atoms with van der Waals surface area (Å²) in [6.07, 6.45) is 6.03. The van der Waals surface area contributed by atoms with Gasteiger partial charge in [-0.3, -0.25) is 4.99 Å². The van der Waals surface area contributed by atoms with Gasteiger partial charge in [0.05, 0.1) is 11.1 Å². The minimum atomic E-state index is 0.178. The predicted molar refractivity (Wildman–Crippen MR) is 111 cm³/mol. The van der Waals surface area contributed by atoms with E-state index in [1.54, 1.807) is 11.3 Å². The van der Waals surface area contributed by atoms with Gasteiger partial charge in [-0.25, -0.2) is 4.98 Å². The van der Waals surface area contributed by atoms with Crippen molar-refractivity contribution in [1.29, 1.82) is 0 Å². The van der Waals surface area contributed by atoms with Crippen molar-refractivity contribution in [3.8, 4) is 0 Å². The summed E-state index contributed by atoms with van der Waals surface area (Å²) in [6.45, 7) is 11.6. The maximum absolute atomic E-state index is 6.07. The van der Waals surface area contributed by atoms with E-state index in [0.717, 1.165) is 57.0 Å². The zero-order valence-electron chi connectivity index (χ0n) is 17.1. The van der Waals surface area contributed by atoms with E-state index < -0.39 is 0 Å². The average Bonchev–Trinajstić information content (AvgIpc) is 3.02. The van der Waals surface area contributed by atoms with Crippen molar-refractivity contribution in [3.63, 3.8) is 0 Å². The highest BCUT2D eigenvalue weighted by Crippen LogP contribution is 2.33. The molecule has 0 aliphatic carbocycles. The quantitative estimate of drug-likeness (QED) is 0.429. The molecule has 1 aliphatic heterocycles. The molecular weight excluding hydrogens is 344 g/mol. The van der Waals surface area contributed by atoms with E-state index in [4.69, 9.17) is 4.74 Å². The van der Waals surface area contributed by atoms with Crippen molar-refractivity contribution >= 4 is 17.3 Å². The van der Waals surface area contributed by atoms with Crippen LogP contribution in [0.5, 0.6) is 0 Å². The van der Waals surface area contributed by atoms with Gasteiger partial charge in [-0.05, 0) is 44.4 Å². The van der Waals surface area contributed by atoms with Gasteiger partial charge in [0.25, 0.3) is 0 Å². The van der Waals surface area contributed by atoms with Crippen LogP contribution >= 0.6 is 11.3 Å². The third kappa shape index (κ3) is 6.88. The number of hydrogen-bond donors (Lipinski definition) is 2. The van der Waals surface area contributed by atoms with Gasteiger partial charge in [-0.2, -0.15) is 0 Å². The number of nitrogens with zero attached hydrogens (tertiary/aromatic N) is 2. The standard InChI is InChI=1S/C20H36N4OS/c1-15-14-26-17(24-15)10-6-7-11-22-19(21-5)23-13-16-9-8-12-25-18(16)20(2,3)4/h14,16,18H,6-13H2,1-5H3,(H2,21,22,23). The predicted octanol–water partition coefficient (Wildman–Crippen LogP) is 3.78. The number of aliphatic imine (C=N–C) groups is 1. The maximum atomic E-state index is 6.07. The summed E-state index contributed by atoms with van der Waals surface area (Å²) in [6, 6.07) is 0. The lowest BCUT2D eigenvalue weighted by Gasteiger charge is -2.40. The van der Waals surface area contributed by atoms with E-state index in [1.807, 2.05) is 7.05 Å². The number of aryl methyl sites for hydroxylation is 2.